The lowest BCUT2D eigenvalue weighted by atomic mass is 9.96. The Labute approximate surface area is 174 Å². The van der Waals surface area contributed by atoms with E-state index in [1.807, 2.05) is 63.1 Å². The molecule has 0 spiro atoms. The maximum Gasteiger partial charge on any atom is 0.416 e. The Bertz CT molecular complexity index is 905. The molecule has 0 bridgehead atoms. The number of rotatable bonds is 7. The molecule has 1 amide bonds. The molecule has 0 unspecified atom stereocenters. The Morgan fingerprint density at radius 3 is 2.30 bits per heavy atom. The van der Waals surface area contributed by atoms with E-state index in [0.717, 1.165) is 29.1 Å². The molecule has 3 nitrogen and oxygen atoms in total. The molecule has 0 atom stereocenters. The van der Waals surface area contributed by atoms with Crippen LogP contribution < -0.4 is 10.2 Å². The van der Waals surface area contributed by atoms with Crippen molar-refractivity contribution in [1.82, 2.24) is 5.32 Å². The van der Waals surface area contributed by atoms with Crippen LogP contribution in [0.5, 0.6) is 0 Å². The number of carbonyl (C=O) groups is 1. The van der Waals surface area contributed by atoms with Gasteiger partial charge in [0.05, 0.1) is 5.56 Å². The molecule has 1 N–H and O–H groups in total. The molecule has 0 saturated carbocycles. The zero-order valence-electron chi connectivity index (χ0n) is 17.5. The highest BCUT2D eigenvalue weighted by atomic mass is 19.4. The van der Waals surface area contributed by atoms with Crippen molar-refractivity contribution >= 4 is 11.6 Å². The third-order valence-electron chi connectivity index (χ3n) is 5.01. The summed E-state index contributed by atoms with van der Waals surface area (Å²) in [5.74, 6) is -1.09. The van der Waals surface area contributed by atoms with Gasteiger partial charge in [-0.3, -0.25) is 4.79 Å². The van der Waals surface area contributed by atoms with Gasteiger partial charge in [0.25, 0.3) is 0 Å². The number of benzene rings is 2. The summed E-state index contributed by atoms with van der Waals surface area (Å²) in [4.78, 5) is 14.5. The van der Waals surface area contributed by atoms with Gasteiger partial charge in [-0.25, -0.2) is 4.39 Å². The summed E-state index contributed by atoms with van der Waals surface area (Å²) in [6, 6.07) is 11.8. The minimum Gasteiger partial charge on any atom is -0.352 e. The van der Waals surface area contributed by atoms with Crippen LogP contribution in [-0.4, -0.2) is 13.0 Å². The fourth-order valence-corrected chi connectivity index (χ4v) is 3.13. The van der Waals surface area contributed by atoms with Gasteiger partial charge in [-0.05, 0) is 48.7 Å². The zero-order valence-corrected chi connectivity index (χ0v) is 17.5. The summed E-state index contributed by atoms with van der Waals surface area (Å²) in [6.45, 7) is 5.55. The first-order valence-electron chi connectivity index (χ1n) is 9.61. The van der Waals surface area contributed by atoms with E-state index in [9.17, 15) is 22.4 Å². The van der Waals surface area contributed by atoms with Crippen LogP contribution >= 0.6 is 0 Å². The summed E-state index contributed by atoms with van der Waals surface area (Å²) in [7, 11) is 1.91. The van der Waals surface area contributed by atoms with Gasteiger partial charge in [-0.1, -0.05) is 32.0 Å². The molecule has 0 fully saturated rings. The van der Waals surface area contributed by atoms with E-state index < -0.39 is 17.6 Å². The number of alkyl halides is 3. The van der Waals surface area contributed by atoms with E-state index in [0.29, 0.717) is 6.07 Å². The minimum atomic E-state index is -4.57. The highest BCUT2D eigenvalue weighted by Crippen LogP contribution is 2.30. The average molecular weight is 422 g/mol. The summed E-state index contributed by atoms with van der Waals surface area (Å²) in [5.41, 5.74) is 1.63. The largest absolute Gasteiger partial charge is 0.416 e. The van der Waals surface area contributed by atoms with Gasteiger partial charge >= 0.3 is 6.18 Å². The predicted molar refractivity (Wildman–Crippen MR) is 110 cm³/mol. The first-order chi connectivity index (χ1) is 14.0. The molecule has 0 aromatic heterocycles. The Hall–Kier alpha value is -2.83. The molecule has 7 heteroatoms. The fourth-order valence-electron chi connectivity index (χ4n) is 3.13. The second kappa shape index (κ2) is 9.78. The molecule has 0 saturated heterocycles. The second-order valence-corrected chi connectivity index (χ2v) is 7.42. The fraction of sp³-hybridized carbons (Fsp3) is 0.348. The smallest absolute Gasteiger partial charge is 0.352 e. The van der Waals surface area contributed by atoms with Crippen LogP contribution in [0.15, 0.2) is 59.8 Å². The number of hydrogen-bond donors (Lipinski definition) is 1. The van der Waals surface area contributed by atoms with E-state index in [-0.39, 0.29) is 30.4 Å². The van der Waals surface area contributed by atoms with Crippen LogP contribution in [0.4, 0.5) is 23.2 Å². The number of hydrogen-bond acceptors (Lipinski definition) is 2. The third kappa shape index (κ3) is 6.08. The van der Waals surface area contributed by atoms with Crippen LogP contribution in [0.2, 0.25) is 0 Å². The Balaban J connectivity index is 2.13. The van der Waals surface area contributed by atoms with E-state index >= 15 is 0 Å². The monoisotopic (exact) mass is 422 g/mol. The molecule has 0 aliphatic heterocycles. The predicted octanol–water partition coefficient (Wildman–Crippen LogP) is 5.92. The average Bonchev–Trinajstić information content (AvgIpc) is 2.69. The standard InChI is InChI=1S/C23H26F4N2O/c1-15(2)20(16(3)29(4)19-8-6-5-7-9-19)13-22(30)28-14-17-12-18(23(25,26)27)10-11-21(17)24/h5-12,15H,13-14H2,1-4H3,(H,28,30)/b20-16-. The highest BCUT2D eigenvalue weighted by molar-refractivity contribution is 5.79. The van der Waals surface area contributed by atoms with Crippen LogP contribution in [0, 0.1) is 11.7 Å². The molecule has 2 aromatic rings. The lowest BCUT2D eigenvalue weighted by molar-refractivity contribution is -0.137. The summed E-state index contributed by atoms with van der Waals surface area (Å²) in [6.07, 6.45) is -4.50. The van der Waals surface area contributed by atoms with Crippen LogP contribution in [0.1, 0.15) is 38.3 Å². The first-order valence-corrected chi connectivity index (χ1v) is 9.61. The van der Waals surface area contributed by atoms with Crippen molar-refractivity contribution < 1.29 is 22.4 Å². The van der Waals surface area contributed by atoms with Gasteiger partial charge in [0, 0.05) is 37.0 Å². The number of amides is 1. The van der Waals surface area contributed by atoms with Crippen molar-refractivity contribution in [3.8, 4) is 0 Å². The van der Waals surface area contributed by atoms with Crippen molar-refractivity contribution in [2.75, 3.05) is 11.9 Å². The first kappa shape index (κ1) is 23.4. The summed E-state index contributed by atoms with van der Waals surface area (Å²) >= 11 is 0. The molecule has 2 aromatic carbocycles. The number of nitrogens with one attached hydrogen (secondary N) is 1. The lowest BCUT2D eigenvalue weighted by Gasteiger charge is -2.25. The molecule has 0 radical (unpaired) electrons. The van der Waals surface area contributed by atoms with Crippen LogP contribution in [-0.2, 0) is 17.5 Å². The highest BCUT2D eigenvalue weighted by Gasteiger charge is 2.31. The number of allylic oxidation sites excluding steroid dienone is 1. The molecule has 0 heterocycles. The number of para-hydroxylation sites is 1. The van der Waals surface area contributed by atoms with Crippen molar-refractivity contribution in [2.45, 2.75) is 39.9 Å². The van der Waals surface area contributed by atoms with Crippen molar-refractivity contribution in [3.63, 3.8) is 0 Å². The lowest BCUT2D eigenvalue weighted by Crippen LogP contribution is -2.26. The Morgan fingerprint density at radius 1 is 1.10 bits per heavy atom. The maximum absolute atomic E-state index is 13.9. The summed E-state index contributed by atoms with van der Waals surface area (Å²) in [5, 5.41) is 2.54. The van der Waals surface area contributed by atoms with Crippen LogP contribution in [0.3, 0.4) is 0 Å². The quantitative estimate of drug-likeness (QED) is 0.562. The van der Waals surface area contributed by atoms with Gasteiger partial charge in [0.15, 0.2) is 0 Å². The summed E-state index contributed by atoms with van der Waals surface area (Å²) < 4.78 is 52.4. The van der Waals surface area contributed by atoms with Crippen LogP contribution in [0.25, 0.3) is 0 Å². The second-order valence-electron chi connectivity index (χ2n) is 7.42. The Kier molecular flexibility index (Phi) is 7.65. The van der Waals surface area contributed by atoms with Gasteiger partial charge in [-0.15, -0.1) is 0 Å². The van der Waals surface area contributed by atoms with E-state index in [1.54, 1.807) is 0 Å². The molecular formula is C23H26F4N2O. The molecule has 0 aliphatic carbocycles. The van der Waals surface area contributed by atoms with Gasteiger partial charge in [-0.2, -0.15) is 13.2 Å². The Morgan fingerprint density at radius 2 is 1.73 bits per heavy atom. The molecule has 0 aliphatic rings. The van der Waals surface area contributed by atoms with E-state index in [1.165, 1.54) is 0 Å². The van der Waals surface area contributed by atoms with Gasteiger partial charge in [0.1, 0.15) is 5.82 Å². The minimum absolute atomic E-state index is 0.0707. The molecular weight excluding hydrogens is 396 g/mol. The normalized spacial score (nSPS) is 12.6. The maximum atomic E-state index is 13.9. The van der Waals surface area contributed by atoms with Gasteiger partial charge in [0.2, 0.25) is 5.91 Å². The SMILES string of the molecule is C/C(=C(\CC(=O)NCc1cc(C(F)(F)F)ccc1F)C(C)C)N(C)c1ccccc1. The van der Waals surface area contributed by atoms with Crippen molar-refractivity contribution in [1.29, 1.82) is 0 Å². The third-order valence-corrected chi connectivity index (χ3v) is 5.01. The zero-order chi connectivity index (χ0) is 22.5. The molecule has 162 valence electrons. The topological polar surface area (TPSA) is 32.3 Å². The van der Waals surface area contributed by atoms with Gasteiger partial charge < -0.3 is 10.2 Å². The van der Waals surface area contributed by atoms with Crippen molar-refractivity contribution in [2.24, 2.45) is 5.92 Å². The van der Waals surface area contributed by atoms with E-state index in [4.69, 9.17) is 0 Å². The number of anilines is 1. The molecule has 2 rings (SSSR count). The number of nitrogens with zero attached hydrogens (tertiary/aromatic N) is 1. The number of halogens is 4. The molecule has 30 heavy (non-hydrogen) atoms. The van der Waals surface area contributed by atoms with Crippen molar-refractivity contribution in [3.05, 3.63) is 76.7 Å². The van der Waals surface area contributed by atoms with E-state index in [2.05, 4.69) is 5.32 Å². The number of carbonyl (C=O) groups excluding carboxylic acids is 1.